The minimum atomic E-state index is -1.03. The van der Waals surface area contributed by atoms with Crippen LogP contribution in [0.1, 0.15) is 15.9 Å². The molecule has 0 aliphatic carbocycles. The van der Waals surface area contributed by atoms with E-state index in [4.69, 9.17) is 9.84 Å². The van der Waals surface area contributed by atoms with Crippen LogP contribution in [-0.2, 0) is 11.2 Å². The summed E-state index contributed by atoms with van der Waals surface area (Å²) in [5.41, 5.74) is 0.833. The maximum Gasteiger partial charge on any atom is 0.335 e. The number of carboxylic acids is 1. The lowest BCUT2D eigenvalue weighted by Gasteiger charge is -2.17. The summed E-state index contributed by atoms with van der Waals surface area (Å²) < 4.78 is 18.6. The molecule has 0 spiro atoms. The number of rotatable bonds is 5. The van der Waals surface area contributed by atoms with Gasteiger partial charge >= 0.3 is 5.97 Å². The van der Waals surface area contributed by atoms with Crippen molar-refractivity contribution in [2.45, 2.75) is 18.6 Å². The molecule has 0 bridgehead atoms. The van der Waals surface area contributed by atoms with E-state index in [1.807, 2.05) is 0 Å². The fraction of sp³-hybridized carbons (Fsp3) is 0.263. The van der Waals surface area contributed by atoms with E-state index < -0.39 is 18.2 Å². The summed E-state index contributed by atoms with van der Waals surface area (Å²) in [5, 5.41) is 19.0. The Hall–Kier alpha value is -2.93. The Morgan fingerprint density at radius 1 is 1.08 bits per heavy atom. The number of ether oxygens (including phenoxy) is 1. The van der Waals surface area contributed by atoms with E-state index in [0.717, 1.165) is 0 Å². The molecule has 1 aliphatic rings. The van der Waals surface area contributed by atoms with Crippen molar-refractivity contribution in [3.05, 3.63) is 65.5 Å². The SMILES string of the molecule is O=C(O)c1ccc(O[C@@H]2CN(C(=O)Cc3ccc(F)cc3)C[C@H]2O)cc1. The number of likely N-dealkylation sites (tertiary alicyclic amines) is 1. The fourth-order valence-corrected chi connectivity index (χ4v) is 2.82. The topological polar surface area (TPSA) is 87.1 Å². The van der Waals surface area contributed by atoms with Crippen LogP contribution in [0.15, 0.2) is 48.5 Å². The van der Waals surface area contributed by atoms with Gasteiger partial charge in [-0.1, -0.05) is 12.1 Å². The highest BCUT2D eigenvalue weighted by Crippen LogP contribution is 2.20. The number of carboxylic acid groups (broad SMARTS) is 1. The summed E-state index contributed by atoms with van der Waals surface area (Å²) in [5.74, 6) is -1.15. The highest BCUT2D eigenvalue weighted by molar-refractivity contribution is 5.87. The molecule has 3 rings (SSSR count). The second-order valence-electron chi connectivity index (χ2n) is 6.16. The van der Waals surface area contributed by atoms with Crippen LogP contribution in [0.25, 0.3) is 0 Å². The van der Waals surface area contributed by atoms with E-state index in [-0.39, 0.29) is 36.8 Å². The molecule has 1 aliphatic heterocycles. The Bertz CT molecular complexity index is 791. The molecule has 2 N–H and O–H groups in total. The molecule has 7 heteroatoms. The Morgan fingerprint density at radius 3 is 2.35 bits per heavy atom. The number of benzene rings is 2. The Morgan fingerprint density at radius 2 is 1.73 bits per heavy atom. The molecular formula is C19H18FNO5. The van der Waals surface area contributed by atoms with Crippen LogP contribution in [0, 0.1) is 5.82 Å². The standard InChI is InChI=1S/C19H18FNO5/c20-14-5-1-12(2-6-14)9-18(23)21-10-16(22)17(11-21)26-15-7-3-13(4-8-15)19(24)25/h1-8,16-17,22H,9-11H2,(H,24,25)/t16-,17-/m1/s1. The zero-order valence-corrected chi connectivity index (χ0v) is 13.8. The first-order valence-corrected chi connectivity index (χ1v) is 8.12. The third-order valence-electron chi connectivity index (χ3n) is 4.25. The van der Waals surface area contributed by atoms with E-state index in [1.54, 1.807) is 12.1 Å². The van der Waals surface area contributed by atoms with Crippen LogP contribution < -0.4 is 4.74 Å². The lowest BCUT2D eigenvalue weighted by molar-refractivity contribution is -0.129. The van der Waals surface area contributed by atoms with Crippen molar-refractivity contribution in [3.63, 3.8) is 0 Å². The maximum atomic E-state index is 12.9. The van der Waals surface area contributed by atoms with Gasteiger partial charge in [0.25, 0.3) is 0 Å². The predicted octanol–water partition coefficient (Wildman–Crippen LogP) is 1.72. The van der Waals surface area contributed by atoms with Gasteiger partial charge in [0, 0.05) is 0 Å². The molecule has 1 saturated heterocycles. The summed E-state index contributed by atoms with van der Waals surface area (Å²) >= 11 is 0. The average molecular weight is 359 g/mol. The van der Waals surface area contributed by atoms with E-state index in [9.17, 15) is 19.1 Å². The largest absolute Gasteiger partial charge is 0.486 e. The monoisotopic (exact) mass is 359 g/mol. The first-order valence-electron chi connectivity index (χ1n) is 8.12. The molecule has 0 saturated carbocycles. The Labute approximate surface area is 149 Å². The number of hydrogen-bond donors (Lipinski definition) is 2. The van der Waals surface area contributed by atoms with Gasteiger partial charge in [-0.05, 0) is 42.0 Å². The number of nitrogens with zero attached hydrogens (tertiary/aromatic N) is 1. The molecule has 2 atom stereocenters. The van der Waals surface area contributed by atoms with Gasteiger partial charge in [0.05, 0.1) is 25.1 Å². The normalized spacial score (nSPS) is 19.4. The summed E-state index contributed by atoms with van der Waals surface area (Å²) in [6.07, 6.45) is -1.32. The number of aliphatic hydroxyl groups is 1. The lowest BCUT2D eigenvalue weighted by atomic mass is 10.1. The van der Waals surface area contributed by atoms with Gasteiger partial charge in [0.2, 0.25) is 5.91 Å². The van der Waals surface area contributed by atoms with Crippen molar-refractivity contribution in [2.24, 2.45) is 0 Å². The van der Waals surface area contributed by atoms with Gasteiger partial charge in [-0.25, -0.2) is 9.18 Å². The third kappa shape index (κ3) is 4.18. The first kappa shape index (κ1) is 17.9. The number of aromatic carboxylic acids is 1. The quantitative estimate of drug-likeness (QED) is 0.849. The Balaban J connectivity index is 1.59. The average Bonchev–Trinajstić information content (AvgIpc) is 2.98. The minimum absolute atomic E-state index is 0.118. The molecule has 1 amide bonds. The van der Waals surface area contributed by atoms with E-state index in [1.165, 1.54) is 41.3 Å². The number of hydrogen-bond acceptors (Lipinski definition) is 4. The number of amides is 1. The number of carbonyl (C=O) groups excluding carboxylic acids is 1. The summed E-state index contributed by atoms with van der Waals surface area (Å²) in [4.78, 5) is 24.7. The van der Waals surface area contributed by atoms with E-state index >= 15 is 0 Å². The molecule has 26 heavy (non-hydrogen) atoms. The number of β-amino-alcohol motifs (C(OH)–C–C–N with tert-alkyl or cyclic N) is 1. The molecule has 2 aromatic carbocycles. The van der Waals surface area contributed by atoms with Gasteiger partial charge in [-0.3, -0.25) is 4.79 Å². The second kappa shape index (κ2) is 7.53. The highest BCUT2D eigenvalue weighted by atomic mass is 19.1. The van der Waals surface area contributed by atoms with E-state index in [0.29, 0.717) is 11.3 Å². The van der Waals surface area contributed by atoms with E-state index in [2.05, 4.69) is 0 Å². The van der Waals surface area contributed by atoms with Crippen molar-refractivity contribution in [2.75, 3.05) is 13.1 Å². The number of halogens is 1. The van der Waals surface area contributed by atoms with Crippen molar-refractivity contribution in [1.82, 2.24) is 4.90 Å². The number of aliphatic hydroxyl groups excluding tert-OH is 1. The fourth-order valence-electron chi connectivity index (χ4n) is 2.82. The van der Waals surface area contributed by atoms with Crippen LogP contribution in [0.2, 0.25) is 0 Å². The third-order valence-corrected chi connectivity index (χ3v) is 4.25. The summed E-state index contributed by atoms with van der Waals surface area (Å²) in [6.45, 7) is 0.375. The minimum Gasteiger partial charge on any atom is -0.486 e. The molecule has 6 nitrogen and oxygen atoms in total. The highest BCUT2D eigenvalue weighted by Gasteiger charge is 2.35. The molecule has 1 fully saturated rings. The maximum absolute atomic E-state index is 12.9. The predicted molar refractivity (Wildman–Crippen MR) is 90.5 cm³/mol. The molecule has 2 aromatic rings. The molecule has 0 unspecified atom stereocenters. The first-order chi connectivity index (χ1) is 12.4. The second-order valence-corrected chi connectivity index (χ2v) is 6.16. The van der Waals surface area contributed by atoms with Crippen molar-refractivity contribution in [3.8, 4) is 5.75 Å². The van der Waals surface area contributed by atoms with Crippen molar-refractivity contribution in [1.29, 1.82) is 0 Å². The molecule has 0 radical (unpaired) electrons. The molecular weight excluding hydrogens is 341 g/mol. The zero-order chi connectivity index (χ0) is 18.7. The van der Waals surface area contributed by atoms with Crippen LogP contribution in [-0.4, -0.2) is 52.3 Å². The van der Waals surface area contributed by atoms with Gasteiger partial charge in [-0.2, -0.15) is 0 Å². The number of carbonyl (C=O) groups is 2. The van der Waals surface area contributed by atoms with Gasteiger partial charge in [0.15, 0.2) is 0 Å². The molecule has 0 aromatic heterocycles. The Kier molecular flexibility index (Phi) is 5.18. The van der Waals surface area contributed by atoms with Crippen molar-refractivity contribution < 1.29 is 28.9 Å². The van der Waals surface area contributed by atoms with Gasteiger partial charge in [0.1, 0.15) is 23.8 Å². The van der Waals surface area contributed by atoms with Gasteiger partial charge in [-0.15, -0.1) is 0 Å². The van der Waals surface area contributed by atoms with Crippen LogP contribution in [0.4, 0.5) is 4.39 Å². The van der Waals surface area contributed by atoms with Crippen molar-refractivity contribution >= 4 is 11.9 Å². The van der Waals surface area contributed by atoms with Crippen LogP contribution in [0.3, 0.4) is 0 Å². The smallest absolute Gasteiger partial charge is 0.335 e. The summed E-state index contributed by atoms with van der Waals surface area (Å²) in [6, 6.07) is 11.6. The van der Waals surface area contributed by atoms with Crippen LogP contribution >= 0.6 is 0 Å². The zero-order valence-electron chi connectivity index (χ0n) is 13.8. The van der Waals surface area contributed by atoms with Gasteiger partial charge < -0.3 is 19.8 Å². The summed E-state index contributed by atoms with van der Waals surface area (Å²) in [7, 11) is 0. The molecule has 1 heterocycles. The molecule has 136 valence electrons. The lowest BCUT2D eigenvalue weighted by Crippen LogP contribution is -2.32. The van der Waals surface area contributed by atoms with Crippen LogP contribution in [0.5, 0.6) is 5.75 Å².